The van der Waals surface area contributed by atoms with Gasteiger partial charge in [0.05, 0.1) is 5.69 Å². The third-order valence-corrected chi connectivity index (χ3v) is 5.44. The molecular weight excluding hydrogens is 298 g/mol. The lowest BCUT2D eigenvalue weighted by Gasteiger charge is -2.34. The van der Waals surface area contributed by atoms with Crippen LogP contribution < -0.4 is 0 Å². The number of nitrogens with zero attached hydrogens (tertiary/aromatic N) is 3. The van der Waals surface area contributed by atoms with E-state index in [0.717, 1.165) is 42.9 Å². The first-order chi connectivity index (χ1) is 11.7. The van der Waals surface area contributed by atoms with E-state index < -0.39 is 0 Å². The summed E-state index contributed by atoms with van der Waals surface area (Å²) < 4.78 is 2.11. The normalized spacial score (nSPS) is 16.5. The predicted octanol–water partition coefficient (Wildman–Crippen LogP) is 4.43. The van der Waals surface area contributed by atoms with Crippen LogP contribution >= 0.6 is 0 Å². The molecule has 1 aliphatic carbocycles. The van der Waals surface area contributed by atoms with Crippen molar-refractivity contribution in [3.63, 3.8) is 0 Å². The average molecular weight is 329 g/mol. The second-order valence-electron chi connectivity index (χ2n) is 7.35. The summed E-state index contributed by atoms with van der Waals surface area (Å²) in [4.78, 5) is 4.71. The fourth-order valence-electron chi connectivity index (χ4n) is 3.86. The van der Waals surface area contributed by atoms with Gasteiger partial charge in [-0.15, -0.1) is 0 Å². The molecule has 0 saturated heterocycles. The van der Waals surface area contributed by atoms with E-state index >= 15 is 0 Å². The molecule has 0 radical (unpaired) electrons. The highest BCUT2D eigenvalue weighted by Gasteiger charge is 2.30. The van der Waals surface area contributed by atoms with Crippen LogP contribution in [-0.4, -0.2) is 26.3 Å². The lowest BCUT2D eigenvalue weighted by atomic mass is 9.72. The highest BCUT2D eigenvalue weighted by molar-refractivity contribution is 5.42. The molecule has 0 bridgehead atoms. The summed E-state index contributed by atoms with van der Waals surface area (Å²) in [5, 5.41) is 14.0. The predicted molar refractivity (Wildman–Crippen MR) is 97.4 cm³/mol. The lowest BCUT2D eigenvalue weighted by Crippen LogP contribution is -2.23. The molecule has 4 nitrogen and oxygen atoms in total. The van der Waals surface area contributed by atoms with Gasteiger partial charge >= 0.3 is 0 Å². The molecule has 3 rings (SSSR count). The van der Waals surface area contributed by atoms with Crippen molar-refractivity contribution in [2.75, 3.05) is 6.61 Å². The lowest BCUT2D eigenvalue weighted by molar-refractivity contribution is 0.232. The molecular formula is C20H31N3O. The maximum Gasteiger partial charge on any atom is 0.155 e. The first-order valence-corrected chi connectivity index (χ1v) is 9.70. The molecule has 0 spiro atoms. The van der Waals surface area contributed by atoms with Crippen molar-refractivity contribution >= 4 is 5.65 Å². The van der Waals surface area contributed by atoms with E-state index in [1.54, 1.807) is 0 Å². The van der Waals surface area contributed by atoms with Crippen molar-refractivity contribution in [2.24, 2.45) is 5.92 Å². The van der Waals surface area contributed by atoms with Crippen LogP contribution in [0.5, 0.6) is 0 Å². The highest BCUT2D eigenvalue weighted by Crippen LogP contribution is 2.42. The highest BCUT2D eigenvalue weighted by atomic mass is 16.2. The first-order valence-electron chi connectivity index (χ1n) is 9.70. The number of hydrogen-bond acceptors (Lipinski definition) is 3. The van der Waals surface area contributed by atoms with E-state index in [0.29, 0.717) is 12.5 Å². The molecule has 0 aromatic carbocycles. The Labute approximate surface area is 145 Å². The molecule has 0 unspecified atom stereocenters. The molecule has 0 amide bonds. The van der Waals surface area contributed by atoms with Crippen molar-refractivity contribution in [3.8, 4) is 0 Å². The van der Waals surface area contributed by atoms with Crippen molar-refractivity contribution in [1.82, 2.24) is 14.6 Å². The van der Waals surface area contributed by atoms with Crippen LogP contribution in [0.1, 0.15) is 81.3 Å². The van der Waals surface area contributed by atoms with Crippen molar-refractivity contribution in [1.29, 1.82) is 0 Å². The Morgan fingerprint density at radius 2 is 2.08 bits per heavy atom. The fourth-order valence-corrected chi connectivity index (χ4v) is 3.86. The van der Waals surface area contributed by atoms with E-state index in [4.69, 9.17) is 15.2 Å². The third kappa shape index (κ3) is 3.80. The third-order valence-electron chi connectivity index (χ3n) is 5.44. The van der Waals surface area contributed by atoms with Crippen LogP contribution in [0.4, 0.5) is 0 Å². The molecule has 24 heavy (non-hydrogen) atoms. The topological polar surface area (TPSA) is 50.4 Å². The molecule has 1 atom stereocenters. The molecule has 1 N–H and O–H groups in total. The second kappa shape index (κ2) is 8.11. The number of fused-ring (bicyclic) bond motifs is 1. The molecule has 2 aromatic rings. The van der Waals surface area contributed by atoms with Gasteiger partial charge in [0.25, 0.3) is 0 Å². The SMILES string of the molecule is CCCCc1cc2nc(C)cc([C@@H](CCCCO)C3CCC3)n2n1. The van der Waals surface area contributed by atoms with Crippen LogP contribution in [0.2, 0.25) is 0 Å². The Morgan fingerprint density at radius 3 is 2.75 bits per heavy atom. The summed E-state index contributed by atoms with van der Waals surface area (Å²) in [6.07, 6.45) is 10.6. The van der Waals surface area contributed by atoms with Gasteiger partial charge in [-0.3, -0.25) is 0 Å². The van der Waals surface area contributed by atoms with Gasteiger partial charge in [0, 0.05) is 30.0 Å². The molecule has 0 aliphatic heterocycles. The smallest absolute Gasteiger partial charge is 0.155 e. The van der Waals surface area contributed by atoms with Crippen LogP contribution in [0.15, 0.2) is 12.1 Å². The summed E-state index contributed by atoms with van der Waals surface area (Å²) in [7, 11) is 0. The number of rotatable bonds is 9. The van der Waals surface area contributed by atoms with E-state index in [1.807, 2.05) is 0 Å². The van der Waals surface area contributed by atoms with Crippen molar-refractivity contribution < 1.29 is 5.11 Å². The Hall–Kier alpha value is -1.42. The number of aryl methyl sites for hydroxylation is 2. The number of unbranched alkanes of at least 4 members (excludes halogenated alkanes) is 2. The van der Waals surface area contributed by atoms with Gasteiger partial charge in [-0.25, -0.2) is 9.50 Å². The largest absolute Gasteiger partial charge is 0.396 e. The Balaban J connectivity index is 1.92. The van der Waals surface area contributed by atoms with Crippen molar-refractivity contribution in [3.05, 3.63) is 29.2 Å². The van der Waals surface area contributed by atoms with Crippen LogP contribution in [0.3, 0.4) is 0 Å². The molecule has 1 fully saturated rings. The zero-order valence-corrected chi connectivity index (χ0v) is 15.2. The maximum absolute atomic E-state index is 9.13. The summed E-state index contributed by atoms with van der Waals surface area (Å²) in [6, 6.07) is 4.41. The minimum absolute atomic E-state index is 0.297. The molecule has 4 heteroatoms. The number of aromatic nitrogens is 3. The Bertz CT molecular complexity index is 660. The standard InChI is InChI=1S/C20H31N3O/c1-3-4-10-17-14-20-21-15(2)13-19(23(20)22-17)18(11-5-6-12-24)16-8-7-9-16/h13-14,16,18,24H,3-12H2,1-2H3/t18-/m0/s1. The number of hydrogen-bond donors (Lipinski definition) is 1. The molecule has 2 aromatic heterocycles. The van der Waals surface area contributed by atoms with E-state index in [1.165, 1.54) is 43.5 Å². The van der Waals surface area contributed by atoms with Gasteiger partial charge in [-0.1, -0.05) is 26.2 Å². The monoisotopic (exact) mass is 329 g/mol. The van der Waals surface area contributed by atoms with Gasteiger partial charge in [0.2, 0.25) is 0 Å². The zero-order chi connectivity index (χ0) is 16.9. The summed E-state index contributed by atoms with van der Waals surface area (Å²) in [6.45, 7) is 4.61. The van der Waals surface area contributed by atoms with Gasteiger partial charge in [0.15, 0.2) is 5.65 Å². The zero-order valence-electron chi connectivity index (χ0n) is 15.2. The summed E-state index contributed by atoms with van der Waals surface area (Å²) in [5.74, 6) is 1.32. The van der Waals surface area contributed by atoms with E-state index in [9.17, 15) is 0 Å². The van der Waals surface area contributed by atoms with Crippen LogP contribution in [0.25, 0.3) is 5.65 Å². The van der Waals surface area contributed by atoms with Crippen LogP contribution in [0, 0.1) is 12.8 Å². The van der Waals surface area contributed by atoms with E-state index in [-0.39, 0.29) is 0 Å². The molecule has 2 heterocycles. The van der Waals surface area contributed by atoms with Crippen molar-refractivity contribution in [2.45, 2.75) is 77.6 Å². The van der Waals surface area contributed by atoms with Gasteiger partial charge < -0.3 is 5.11 Å². The Morgan fingerprint density at radius 1 is 1.25 bits per heavy atom. The molecule has 1 saturated carbocycles. The number of aliphatic hydroxyl groups excluding tert-OH is 1. The Kier molecular flexibility index (Phi) is 5.88. The molecule has 1 aliphatic rings. The first kappa shape index (κ1) is 17.4. The minimum Gasteiger partial charge on any atom is -0.396 e. The van der Waals surface area contributed by atoms with Gasteiger partial charge in [0.1, 0.15) is 0 Å². The van der Waals surface area contributed by atoms with Gasteiger partial charge in [-0.05, 0) is 57.4 Å². The summed E-state index contributed by atoms with van der Waals surface area (Å²) >= 11 is 0. The van der Waals surface area contributed by atoms with Gasteiger partial charge in [-0.2, -0.15) is 5.10 Å². The minimum atomic E-state index is 0.297. The molecule has 132 valence electrons. The quantitative estimate of drug-likeness (QED) is 0.693. The average Bonchev–Trinajstić information content (AvgIpc) is 2.92. The second-order valence-corrected chi connectivity index (χ2v) is 7.35. The maximum atomic E-state index is 9.13. The van der Waals surface area contributed by atoms with E-state index in [2.05, 4.69) is 30.5 Å². The summed E-state index contributed by atoms with van der Waals surface area (Å²) in [5.41, 5.74) is 4.59. The fraction of sp³-hybridized carbons (Fsp3) is 0.700. The number of aliphatic hydroxyl groups is 1. The van der Waals surface area contributed by atoms with Crippen LogP contribution in [-0.2, 0) is 6.42 Å².